The summed E-state index contributed by atoms with van der Waals surface area (Å²) in [6.45, 7) is 8.85. The molecule has 0 aromatic heterocycles. The van der Waals surface area contributed by atoms with Crippen molar-refractivity contribution in [3.63, 3.8) is 0 Å². The van der Waals surface area contributed by atoms with Crippen LogP contribution in [-0.2, 0) is 4.74 Å². The van der Waals surface area contributed by atoms with Crippen LogP contribution >= 0.6 is 0 Å². The fraction of sp³-hybridized carbons (Fsp3) is 0.941. The van der Waals surface area contributed by atoms with Crippen molar-refractivity contribution in [1.82, 2.24) is 10.2 Å². The third-order valence-corrected chi connectivity index (χ3v) is 4.67. The number of hydrogen-bond donors (Lipinski definition) is 1. The molecule has 2 fully saturated rings. The van der Waals surface area contributed by atoms with Gasteiger partial charge in [0.2, 0.25) is 0 Å². The normalized spacial score (nSPS) is 23.0. The van der Waals surface area contributed by atoms with E-state index >= 15 is 0 Å². The van der Waals surface area contributed by atoms with Gasteiger partial charge in [-0.3, -0.25) is 0 Å². The van der Waals surface area contributed by atoms with Gasteiger partial charge in [-0.1, -0.05) is 19.3 Å². The second-order valence-electron chi connectivity index (χ2n) is 7.65. The van der Waals surface area contributed by atoms with Crippen LogP contribution < -0.4 is 5.32 Å². The summed E-state index contributed by atoms with van der Waals surface area (Å²) in [7, 11) is 0. The zero-order valence-electron chi connectivity index (χ0n) is 14.0. The number of nitrogens with one attached hydrogen (secondary N) is 1. The molecule has 4 nitrogen and oxygen atoms in total. The number of hydrogen-bond acceptors (Lipinski definition) is 3. The van der Waals surface area contributed by atoms with Crippen molar-refractivity contribution in [3.05, 3.63) is 0 Å². The number of nitrogens with zero attached hydrogens (tertiary/aromatic N) is 1. The first kappa shape index (κ1) is 16.6. The first-order valence-electron chi connectivity index (χ1n) is 8.65. The van der Waals surface area contributed by atoms with Crippen LogP contribution in [0.2, 0.25) is 0 Å². The van der Waals surface area contributed by atoms with Crippen LogP contribution in [0.1, 0.15) is 65.7 Å². The molecule has 0 aromatic carbocycles. The number of ether oxygens (including phenoxy) is 1. The van der Waals surface area contributed by atoms with E-state index in [1.165, 1.54) is 58.0 Å². The molecular weight excluding hydrogens is 264 g/mol. The summed E-state index contributed by atoms with van der Waals surface area (Å²) in [6, 6.07) is 0.832. The predicted molar refractivity (Wildman–Crippen MR) is 85.4 cm³/mol. The minimum absolute atomic E-state index is 0.280. The molecule has 1 heterocycles. The van der Waals surface area contributed by atoms with Gasteiger partial charge in [0.1, 0.15) is 5.60 Å². The first-order chi connectivity index (χ1) is 9.94. The van der Waals surface area contributed by atoms with Crippen molar-refractivity contribution < 1.29 is 9.53 Å². The summed E-state index contributed by atoms with van der Waals surface area (Å²) in [5.41, 5.74) is -0.408. The van der Waals surface area contributed by atoms with Crippen LogP contribution in [0.15, 0.2) is 0 Å². The minimum Gasteiger partial charge on any atom is -0.444 e. The smallest absolute Gasteiger partial charge is 0.407 e. The van der Waals surface area contributed by atoms with Crippen molar-refractivity contribution in [3.8, 4) is 0 Å². The lowest BCUT2D eigenvalue weighted by Gasteiger charge is -2.39. The van der Waals surface area contributed by atoms with Crippen molar-refractivity contribution in [2.45, 2.75) is 77.4 Å². The fourth-order valence-electron chi connectivity index (χ4n) is 3.51. The number of piperidine rings is 1. The highest BCUT2D eigenvalue weighted by molar-refractivity contribution is 5.67. The van der Waals surface area contributed by atoms with Crippen LogP contribution in [-0.4, -0.2) is 42.3 Å². The lowest BCUT2D eigenvalue weighted by molar-refractivity contribution is 0.0500. The number of alkyl carbamates (subject to hydrolysis) is 1. The Balaban J connectivity index is 1.63. The monoisotopic (exact) mass is 296 g/mol. The molecule has 0 radical (unpaired) electrons. The van der Waals surface area contributed by atoms with Gasteiger partial charge in [0.05, 0.1) is 0 Å². The lowest BCUT2D eigenvalue weighted by atomic mass is 9.90. The van der Waals surface area contributed by atoms with Crippen molar-refractivity contribution >= 4 is 6.09 Å². The Hall–Kier alpha value is -0.770. The standard InChI is InChI=1S/C17H32N2O2/c1-17(2,3)21-16(20)18-13-14-9-11-19(12-10-14)15-7-5-4-6-8-15/h14-15H,4-13H2,1-3H3,(H,18,20). The Morgan fingerprint density at radius 2 is 1.71 bits per heavy atom. The topological polar surface area (TPSA) is 41.6 Å². The molecule has 1 amide bonds. The molecule has 1 saturated carbocycles. The third-order valence-electron chi connectivity index (χ3n) is 4.67. The van der Waals surface area contributed by atoms with Gasteiger partial charge in [-0.05, 0) is 65.5 Å². The molecular formula is C17H32N2O2. The maximum Gasteiger partial charge on any atom is 0.407 e. The zero-order valence-corrected chi connectivity index (χ0v) is 14.0. The average Bonchev–Trinajstić information content (AvgIpc) is 2.45. The average molecular weight is 296 g/mol. The highest BCUT2D eigenvalue weighted by Gasteiger charge is 2.26. The van der Waals surface area contributed by atoms with Gasteiger partial charge in [0.25, 0.3) is 0 Å². The van der Waals surface area contributed by atoms with Gasteiger partial charge in [-0.25, -0.2) is 4.79 Å². The van der Waals surface area contributed by atoms with E-state index in [9.17, 15) is 4.79 Å². The molecule has 2 rings (SSSR count). The van der Waals surface area contributed by atoms with Gasteiger partial charge in [-0.2, -0.15) is 0 Å². The Morgan fingerprint density at radius 1 is 1.10 bits per heavy atom. The summed E-state index contributed by atoms with van der Waals surface area (Å²) >= 11 is 0. The Labute approximate surface area is 129 Å². The van der Waals surface area contributed by atoms with Crippen LogP contribution in [0, 0.1) is 5.92 Å². The molecule has 0 bridgehead atoms. The van der Waals surface area contributed by atoms with E-state index in [2.05, 4.69) is 10.2 Å². The minimum atomic E-state index is -0.408. The number of likely N-dealkylation sites (tertiary alicyclic amines) is 1. The Kier molecular flexibility index (Phi) is 5.91. The maximum atomic E-state index is 11.7. The summed E-state index contributed by atoms with van der Waals surface area (Å²) < 4.78 is 5.28. The largest absolute Gasteiger partial charge is 0.444 e. The zero-order chi connectivity index (χ0) is 15.3. The van der Waals surface area contributed by atoms with Crippen LogP contribution in [0.4, 0.5) is 4.79 Å². The summed E-state index contributed by atoms with van der Waals surface area (Å²) in [5.74, 6) is 0.609. The van der Waals surface area contributed by atoms with Gasteiger partial charge in [0, 0.05) is 12.6 Å². The van der Waals surface area contributed by atoms with E-state index in [1.807, 2.05) is 20.8 Å². The van der Waals surface area contributed by atoms with Gasteiger partial charge in [0.15, 0.2) is 0 Å². The number of carbonyl (C=O) groups excluding carboxylic acids is 1. The van der Waals surface area contributed by atoms with Crippen LogP contribution in [0.25, 0.3) is 0 Å². The first-order valence-corrected chi connectivity index (χ1v) is 8.65. The molecule has 0 atom stereocenters. The summed E-state index contributed by atoms with van der Waals surface area (Å²) in [4.78, 5) is 14.4. The molecule has 0 spiro atoms. The molecule has 21 heavy (non-hydrogen) atoms. The van der Waals surface area contributed by atoms with E-state index < -0.39 is 5.60 Å². The van der Waals surface area contributed by atoms with Gasteiger partial charge in [-0.15, -0.1) is 0 Å². The fourth-order valence-corrected chi connectivity index (χ4v) is 3.51. The van der Waals surface area contributed by atoms with E-state index in [1.54, 1.807) is 0 Å². The van der Waals surface area contributed by atoms with Crippen LogP contribution in [0.5, 0.6) is 0 Å². The molecule has 0 unspecified atom stereocenters. The van der Waals surface area contributed by atoms with E-state index in [4.69, 9.17) is 4.74 Å². The number of amides is 1. The summed E-state index contributed by atoms with van der Waals surface area (Å²) in [6.07, 6.45) is 9.14. The highest BCUT2D eigenvalue weighted by atomic mass is 16.6. The van der Waals surface area contributed by atoms with E-state index in [0.29, 0.717) is 5.92 Å². The number of carbonyl (C=O) groups is 1. The second-order valence-corrected chi connectivity index (χ2v) is 7.65. The molecule has 0 aromatic rings. The van der Waals surface area contributed by atoms with E-state index in [0.717, 1.165) is 12.6 Å². The van der Waals surface area contributed by atoms with Gasteiger partial charge < -0.3 is 15.0 Å². The van der Waals surface area contributed by atoms with Crippen molar-refractivity contribution in [2.75, 3.05) is 19.6 Å². The SMILES string of the molecule is CC(C)(C)OC(=O)NCC1CCN(C2CCCCC2)CC1. The molecule has 1 aliphatic heterocycles. The Morgan fingerprint density at radius 3 is 2.29 bits per heavy atom. The van der Waals surface area contributed by atoms with Crippen molar-refractivity contribution in [1.29, 1.82) is 0 Å². The lowest BCUT2D eigenvalue weighted by Crippen LogP contribution is -2.44. The van der Waals surface area contributed by atoms with Crippen LogP contribution in [0.3, 0.4) is 0 Å². The highest BCUT2D eigenvalue weighted by Crippen LogP contribution is 2.26. The number of rotatable bonds is 3. The quantitative estimate of drug-likeness (QED) is 0.866. The third kappa shape index (κ3) is 5.85. The van der Waals surface area contributed by atoms with Gasteiger partial charge >= 0.3 is 6.09 Å². The molecule has 1 saturated heterocycles. The predicted octanol–water partition coefficient (Wildman–Crippen LogP) is 3.56. The molecule has 1 N–H and O–H groups in total. The van der Waals surface area contributed by atoms with E-state index in [-0.39, 0.29) is 6.09 Å². The maximum absolute atomic E-state index is 11.7. The van der Waals surface area contributed by atoms with Crippen molar-refractivity contribution in [2.24, 2.45) is 5.92 Å². The second kappa shape index (κ2) is 7.48. The molecule has 1 aliphatic carbocycles. The molecule has 4 heteroatoms. The summed E-state index contributed by atoms with van der Waals surface area (Å²) in [5, 5.41) is 2.92. The molecule has 2 aliphatic rings. The Bertz CT molecular complexity index is 324. The molecule has 122 valence electrons.